The van der Waals surface area contributed by atoms with Crippen LogP contribution in [0.4, 0.5) is 0 Å². The number of ether oxygens (including phenoxy) is 5. The molecule has 0 aromatic heterocycles. The maximum Gasteiger partial charge on any atom is 0.337 e. The number of phenolic OH excluding ortho intramolecular Hbond substituents is 1. The number of hydrogen-bond donors (Lipinski definition) is 6. The Balaban J connectivity index is 1.47. The van der Waals surface area contributed by atoms with Crippen molar-refractivity contribution in [3.63, 3.8) is 0 Å². The van der Waals surface area contributed by atoms with E-state index in [4.69, 9.17) is 23.7 Å². The molecule has 1 aromatic rings. The second-order valence-electron chi connectivity index (χ2n) is 10.8. The van der Waals surface area contributed by atoms with Crippen molar-refractivity contribution in [1.29, 1.82) is 0 Å². The fourth-order valence-electron chi connectivity index (χ4n) is 5.72. The molecule has 41 heavy (non-hydrogen) atoms. The lowest BCUT2D eigenvalue weighted by atomic mass is 9.78. The highest BCUT2D eigenvalue weighted by atomic mass is 16.8. The molecule has 12 nitrogen and oxygen atoms in total. The van der Waals surface area contributed by atoms with Crippen LogP contribution in [0, 0.1) is 11.8 Å². The fourth-order valence-corrected chi connectivity index (χ4v) is 5.72. The minimum absolute atomic E-state index is 0.190. The Labute approximate surface area is 238 Å². The number of esters is 1. The lowest BCUT2D eigenvalue weighted by Crippen LogP contribution is -2.60. The minimum atomic E-state index is -1.64. The number of aromatic hydroxyl groups is 1. The van der Waals surface area contributed by atoms with E-state index in [1.807, 2.05) is 12.1 Å². The average Bonchev–Trinajstić information content (AvgIpc) is 2.96. The van der Waals surface area contributed by atoms with Crippen LogP contribution in [0.5, 0.6) is 5.75 Å². The molecule has 11 atom stereocenters. The number of aliphatic hydroxyl groups is 5. The Morgan fingerprint density at radius 2 is 1.73 bits per heavy atom. The van der Waals surface area contributed by atoms with Crippen molar-refractivity contribution in [2.24, 2.45) is 11.8 Å². The quantitative estimate of drug-likeness (QED) is 0.164. The zero-order valence-corrected chi connectivity index (χ0v) is 22.9. The van der Waals surface area contributed by atoms with Gasteiger partial charge in [0.15, 0.2) is 6.29 Å². The molecule has 0 spiro atoms. The first kappa shape index (κ1) is 31.4. The van der Waals surface area contributed by atoms with E-state index in [1.54, 1.807) is 12.1 Å². The first-order chi connectivity index (χ1) is 19.6. The summed E-state index contributed by atoms with van der Waals surface area (Å²) in [6, 6.07) is 6.93. The smallest absolute Gasteiger partial charge is 0.337 e. The third-order valence-electron chi connectivity index (χ3n) is 7.98. The normalized spacial score (nSPS) is 37.5. The Morgan fingerprint density at radius 1 is 1.02 bits per heavy atom. The highest BCUT2D eigenvalue weighted by Crippen LogP contribution is 2.40. The van der Waals surface area contributed by atoms with E-state index in [0.29, 0.717) is 32.1 Å². The molecule has 2 fully saturated rings. The van der Waals surface area contributed by atoms with Gasteiger partial charge in [0.2, 0.25) is 6.29 Å². The van der Waals surface area contributed by atoms with Crippen LogP contribution in [0.15, 0.2) is 48.8 Å². The molecule has 4 rings (SSSR count). The van der Waals surface area contributed by atoms with Crippen molar-refractivity contribution < 1.29 is 59.1 Å². The van der Waals surface area contributed by atoms with Crippen LogP contribution in [-0.4, -0.2) is 106 Å². The largest absolute Gasteiger partial charge is 0.508 e. The van der Waals surface area contributed by atoms with Gasteiger partial charge < -0.3 is 54.3 Å². The van der Waals surface area contributed by atoms with E-state index in [0.717, 1.165) is 5.56 Å². The van der Waals surface area contributed by atoms with Gasteiger partial charge in [0.1, 0.15) is 30.2 Å². The van der Waals surface area contributed by atoms with E-state index in [2.05, 4.69) is 6.58 Å². The van der Waals surface area contributed by atoms with E-state index in [-0.39, 0.29) is 17.4 Å². The van der Waals surface area contributed by atoms with Gasteiger partial charge in [0.25, 0.3) is 0 Å². The lowest BCUT2D eigenvalue weighted by molar-refractivity contribution is -0.339. The molecule has 1 aromatic carbocycles. The molecule has 0 saturated carbocycles. The fraction of sp³-hybridized carbons (Fsp3) is 0.621. The molecule has 2 saturated heterocycles. The molecular formula is C29H40O12. The van der Waals surface area contributed by atoms with Crippen LogP contribution in [0.25, 0.3) is 0 Å². The monoisotopic (exact) mass is 580 g/mol. The maximum atomic E-state index is 12.7. The first-order valence-electron chi connectivity index (χ1n) is 13.8. The average molecular weight is 581 g/mol. The SMILES string of the molecule is C=C[C@@H]1[C@H](O[C@H]2O[C@@H](CO)[C@H](O)[C@@H](O)[C@@H]2O)OC=C(C(=O)OC)[C@@H]1C[C@H]1C[C@@H](O)C[C@@H](CCc2ccc(O)cc2)O1. The molecule has 0 bridgehead atoms. The summed E-state index contributed by atoms with van der Waals surface area (Å²) in [5, 5.41) is 60.4. The van der Waals surface area contributed by atoms with E-state index in [1.165, 1.54) is 19.4 Å². The molecule has 3 heterocycles. The van der Waals surface area contributed by atoms with Gasteiger partial charge in [-0.25, -0.2) is 4.79 Å². The van der Waals surface area contributed by atoms with Crippen molar-refractivity contribution in [3.8, 4) is 5.75 Å². The highest BCUT2D eigenvalue weighted by molar-refractivity contribution is 5.89. The molecular weight excluding hydrogens is 540 g/mol. The van der Waals surface area contributed by atoms with Gasteiger partial charge in [-0.1, -0.05) is 18.2 Å². The second-order valence-corrected chi connectivity index (χ2v) is 10.8. The number of benzene rings is 1. The van der Waals surface area contributed by atoms with Crippen LogP contribution in [-0.2, 0) is 34.9 Å². The Bertz CT molecular complexity index is 1040. The van der Waals surface area contributed by atoms with Crippen molar-refractivity contribution >= 4 is 5.97 Å². The first-order valence-corrected chi connectivity index (χ1v) is 13.8. The van der Waals surface area contributed by atoms with E-state index in [9.17, 15) is 35.4 Å². The number of methoxy groups -OCH3 is 1. The molecule has 3 aliphatic heterocycles. The van der Waals surface area contributed by atoms with Crippen molar-refractivity contribution in [1.82, 2.24) is 0 Å². The summed E-state index contributed by atoms with van der Waals surface area (Å²) in [5.74, 6) is -1.67. The number of carbonyl (C=O) groups excluding carboxylic acids is 1. The van der Waals surface area contributed by atoms with Crippen molar-refractivity contribution in [3.05, 3.63) is 54.3 Å². The number of aliphatic hydroxyl groups excluding tert-OH is 5. The Morgan fingerprint density at radius 3 is 2.39 bits per heavy atom. The number of aryl methyl sites for hydroxylation is 1. The van der Waals surface area contributed by atoms with Gasteiger partial charge in [-0.3, -0.25) is 0 Å². The number of carbonyl (C=O) groups is 1. The molecule has 0 unspecified atom stereocenters. The molecule has 12 heteroatoms. The van der Waals surface area contributed by atoms with E-state index >= 15 is 0 Å². The van der Waals surface area contributed by atoms with Gasteiger partial charge in [-0.05, 0) is 49.8 Å². The summed E-state index contributed by atoms with van der Waals surface area (Å²) in [5.41, 5.74) is 1.25. The third-order valence-corrected chi connectivity index (χ3v) is 7.98. The van der Waals surface area contributed by atoms with Crippen LogP contribution < -0.4 is 0 Å². The Kier molecular flexibility index (Phi) is 10.8. The lowest BCUT2D eigenvalue weighted by Gasteiger charge is -2.43. The summed E-state index contributed by atoms with van der Waals surface area (Å²) >= 11 is 0. The third kappa shape index (κ3) is 7.46. The molecule has 0 amide bonds. The van der Waals surface area contributed by atoms with Gasteiger partial charge >= 0.3 is 5.97 Å². The molecule has 0 radical (unpaired) electrons. The molecule has 3 aliphatic rings. The van der Waals surface area contributed by atoms with Crippen LogP contribution in [0.1, 0.15) is 31.2 Å². The Hall–Kier alpha value is -2.55. The van der Waals surface area contributed by atoms with Gasteiger partial charge in [-0.15, -0.1) is 6.58 Å². The van der Waals surface area contributed by atoms with Crippen LogP contribution in [0.3, 0.4) is 0 Å². The standard InChI is InChI=1S/C29H40O12/c1-3-20-21(12-19-11-17(32)10-18(39-19)9-6-15-4-7-16(31)8-5-15)22(27(36)37-2)14-38-28(20)41-29-26(35)25(34)24(33)23(13-30)40-29/h3-5,7-8,14,17-21,23-26,28-35H,1,6,9-13H2,2H3/t17-,18+,19+,20-,21+,23-,24-,25+,26-,28-,29+/m0/s1. The second kappa shape index (κ2) is 14.1. The van der Waals surface area contributed by atoms with Gasteiger partial charge in [-0.2, -0.15) is 0 Å². The summed E-state index contributed by atoms with van der Waals surface area (Å²) in [6.45, 7) is 3.27. The number of hydrogen-bond acceptors (Lipinski definition) is 12. The van der Waals surface area contributed by atoms with Crippen molar-refractivity contribution in [2.75, 3.05) is 13.7 Å². The predicted octanol–water partition coefficient (Wildman–Crippen LogP) is 0.272. The molecule has 6 N–H and O–H groups in total. The topological polar surface area (TPSA) is 185 Å². The summed E-state index contributed by atoms with van der Waals surface area (Å²) in [7, 11) is 1.25. The number of phenols is 1. The predicted molar refractivity (Wildman–Crippen MR) is 142 cm³/mol. The summed E-state index contributed by atoms with van der Waals surface area (Å²) in [4.78, 5) is 12.7. The molecule has 228 valence electrons. The zero-order chi connectivity index (χ0) is 29.7. The molecule has 0 aliphatic carbocycles. The maximum absolute atomic E-state index is 12.7. The van der Waals surface area contributed by atoms with Crippen molar-refractivity contribution in [2.45, 2.75) is 87.4 Å². The zero-order valence-electron chi connectivity index (χ0n) is 22.9. The van der Waals surface area contributed by atoms with E-state index < -0.39 is 73.6 Å². The number of rotatable bonds is 10. The van der Waals surface area contributed by atoms with Gasteiger partial charge in [0.05, 0.1) is 43.9 Å². The summed E-state index contributed by atoms with van der Waals surface area (Å²) in [6.07, 6.45) is -4.61. The van der Waals surface area contributed by atoms with Gasteiger partial charge in [0, 0.05) is 11.8 Å². The highest BCUT2D eigenvalue weighted by Gasteiger charge is 2.48. The summed E-state index contributed by atoms with van der Waals surface area (Å²) < 4.78 is 28.4. The van der Waals surface area contributed by atoms with Crippen LogP contribution in [0.2, 0.25) is 0 Å². The van der Waals surface area contributed by atoms with Crippen LogP contribution >= 0.6 is 0 Å². The minimum Gasteiger partial charge on any atom is -0.508 e.